The van der Waals surface area contributed by atoms with Crippen molar-refractivity contribution in [2.75, 3.05) is 37.7 Å². The van der Waals surface area contributed by atoms with Crippen LogP contribution in [0.2, 0.25) is 0 Å². The summed E-state index contributed by atoms with van der Waals surface area (Å²) >= 11 is 0. The van der Waals surface area contributed by atoms with E-state index in [1.165, 1.54) is 0 Å². The molecular formula is C18H21F5N4O2S. The SMILES string of the molecule is N=C(C=C(N)C(F)(F)F)C(=O)N(CCN1CCS(=O)CC1)Cc1c(F)cccc1F. The maximum atomic E-state index is 14.0. The molecule has 0 atom stereocenters. The number of hydrogen-bond donors (Lipinski definition) is 2. The summed E-state index contributed by atoms with van der Waals surface area (Å²) in [4.78, 5) is 15.4. The second-order valence-corrected chi connectivity index (χ2v) is 8.32. The van der Waals surface area contributed by atoms with Gasteiger partial charge in [-0.2, -0.15) is 13.2 Å². The zero-order chi connectivity index (χ0) is 22.5. The van der Waals surface area contributed by atoms with Gasteiger partial charge in [0.25, 0.3) is 5.91 Å². The Balaban J connectivity index is 2.20. The topological polar surface area (TPSA) is 90.5 Å². The maximum absolute atomic E-state index is 14.0. The Kier molecular flexibility index (Phi) is 8.07. The minimum Gasteiger partial charge on any atom is -0.395 e. The second-order valence-electron chi connectivity index (χ2n) is 6.63. The highest BCUT2D eigenvalue weighted by molar-refractivity contribution is 7.85. The molecule has 1 amide bonds. The number of nitrogens with zero attached hydrogens (tertiary/aromatic N) is 2. The summed E-state index contributed by atoms with van der Waals surface area (Å²) < 4.78 is 77.3. The van der Waals surface area contributed by atoms with Crippen LogP contribution in [-0.2, 0) is 22.1 Å². The quantitative estimate of drug-likeness (QED) is 0.488. The van der Waals surface area contributed by atoms with Crippen LogP contribution in [0.4, 0.5) is 22.0 Å². The fourth-order valence-corrected chi connectivity index (χ4v) is 3.89. The average Bonchev–Trinajstić information content (AvgIpc) is 2.67. The number of amides is 1. The lowest BCUT2D eigenvalue weighted by Gasteiger charge is -2.30. The summed E-state index contributed by atoms with van der Waals surface area (Å²) in [6.45, 7) is 0.549. The molecule has 3 N–H and O–H groups in total. The highest BCUT2D eigenvalue weighted by Gasteiger charge is 2.33. The minimum atomic E-state index is -4.92. The fraction of sp³-hybridized carbons (Fsp3) is 0.444. The molecule has 0 aliphatic carbocycles. The van der Waals surface area contributed by atoms with Gasteiger partial charge in [-0.3, -0.25) is 19.3 Å². The zero-order valence-electron chi connectivity index (χ0n) is 15.8. The first-order valence-electron chi connectivity index (χ1n) is 8.91. The third kappa shape index (κ3) is 6.59. The summed E-state index contributed by atoms with van der Waals surface area (Å²) in [6, 6.07) is 3.13. The van der Waals surface area contributed by atoms with E-state index in [0.717, 1.165) is 23.1 Å². The van der Waals surface area contributed by atoms with Crippen LogP contribution in [0.3, 0.4) is 0 Å². The number of rotatable bonds is 7. The minimum absolute atomic E-state index is 0.0958. The van der Waals surface area contributed by atoms with Crippen molar-refractivity contribution >= 4 is 22.4 Å². The summed E-state index contributed by atoms with van der Waals surface area (Å²) in [5.74, 6) is -2.10. The Morgan fingerprint density at radius 1 is 1.23 bits per heavy atom. The highest BCUT2D eigenvalue weighted by atomic mass is 32.2. The van der Waals surface area contributed by atoms with E-state index in [1.807, 2.05) is 4.90 Å². The van der Waals surface area contributed by atoms with Gasteiger partial charge in [-0.1, -0.05) is 6.07 Å². The highest BCUT2D eigenvalue weighted by Crippen LogP contribution is 2.21. The van der Waals surface area contributed by atoms with Gasteiger partial charge in [0.1, 0.15) is 23.0 Å². The number of nitrogens with one attached hydrogen (secondary N) is 1. The number of carbonyl (C=O) groups is 1. The fourth-order valence-electron chi connectivity index (χ4n) is 2.76. The van der Waals surface area contributed by atoms with Gasteiger partial charge in [0.15, 0.2) is 0 Å². The smallest absolute Gasteiger partial charge is 0.395 e. The number of nitrogens with two attached hydrogens (primary N) is 1. The first-order chi connectivity index (χ1) is 14.0. The van der Waals surface area contributed by atoms with E-state index in [1.54, 1.807) is 0 Å². The second kappa shape index (κ2) is 10.1. The largest absolute Gasteiger partial charge is 0.430 e. The summed E-state index contributed by atoms with van der Waals surface area (Å²) in [5.41, 5.74) is 1.74. The predicted octanol–water partition coefficient (Wildman–Crippen LogP) is 1.78. The molecule has 30 heavy (non-hydrogen) atoms. The van der Waals surface area contributed by atoms with E-state index in [2.05, 4.69) is 0 Å². The van der Waals surface area contributed by atoms with E-state index in [-0.39, 0.29) is 19.2 Å². The standard InChI is InChI=1S/C18H21F5N4O2S/c19-13-2-1-3-14(20)12(13)11-27(5-4-26-6-8-30(29)9-7-26)17(28)15(24)10-16(25)18(21,22)23/h1-3,10,24H,4-9,11,25H2. The predicted molar refractivity (Wildman–Crippen MR) is 102 cm³/mol. The summed E-state index contributed by atoms with van der Waals surface area (Å²) in [7, 11) is -0.928. The molecule has 1 aromatic rings. The Morgan fingerprint density at radius 2 is 1.80 bits per heavy atom. The molecule has 6 nitrogen and oxygen atoms in total. The van der Waals surface area contributed by atoms with Crippen LogP contribution in [0.25, 0.3) is 0 Å². The van der Waals surface area contributed by atoms with Gasteiger partial charge in [-0.15, -0.1) is 0 Å². The van der Waals surface area contributed by atoms with Gasteiger partial charge in [-0.25, -0.2) is 8.78 Å². The zero-order valence-corrected chi connectivity index (χ0v) is 16.7. The Labute approximate surface area is 172 Å². The van der Waals surface area contributed by atoms with Crippen LogP contribution in [0, 0.1) is 17.0 Å². The lowest BCUT2D eigenvalue weighted by atomic mass is 10.1. The third-order valence-corrected chi connectivity index (χ3v) is 5.79. The molecule has 1 aliphatic rings. The number of allylic oxidation sites excluding steroid dienone is 1. The van der Waals surface area contributed by atoms with Crippen molar-refractivity contribution in [2.24, 2.45) is 5.73 Å². The van der Waals surface area contributed by atoms with E-state index >= 15 is 0 Å². The Morgan fingerprint density at radius 3 is 2.33 bits per heavy atom. The van der Waals surface area contributed by atoms with Gasteiger partial charge in [0, 0.05) is 54.0 Å². The molecule has 1 fully saturated rings. The van der Waals surface area contributed by atoms with Crippen molar-refractivity contribution in [1.82, 2.24) is 9.80 Å². The number of benzene rings is 1. The molecule has 0 aromatic heterocycles. The first kappa shape index (κ1) is 23.9. The van der Waals surface area contributed by atoms with Crippen molar-refractivity contribution < 1.29 is 31.0 Å². The summed E-state index contributed by atoms with van der Waals surface area (Å²) in [6.07, 6.45) is -4.74. The molecule has 1 aliphatic heterocycles. The molecule has 0 radical (unpaired) electrons. The lowest BCUT2D eigenvalue weighted by Crippen LogP contribution is -2.45. The van der Waals surface area contributed by atoms with Crippen molar-refractivity contribution in [3.05, 3.63) is 47.2 Å². The molecule has 1 saturated heterocycles. The number of alkyl halides is 3. The molecule has 166 valence electrons. The number of carbonyl (C=O) groups excluding carboxylic acids is 1. The molecule has 0 unspecified atom stereocenters. The molecule has 0 bridgehead atoms. The van der Waals surface area contributed by atoms with Gasteiger partial charge < -0.3 is 10.6 Å². The molecular weight excluding hydrogens is 431 g/mol. The number of halogens is 5. The lowest BCUT2D eigenvalue weighted by molar-refractivity contribution is -0.125. The van der Waals surface area contributed by atoms with Gasteiger partial charge >= 0.3 is 6.18 Å². The van der Waals surface area contributed by atoms with E-state index in [0.29, 0.717) is 24.6 Å². The van der Waals surface area contributed by atoms with Crippen molar-refractivity contribution in [3.63, 3.8) is 0 Å². The van der Waals surface area contributed by atoms with Crippen molar-refractivity contribution in [3.8, 4) is 0 Å². The maximum Gasteiger partial charge on any atom is 0.430 e. The van der Waals surface area contributed by atoms with Crippen LogP contribution < -0.4 is 5.73 Å². The number of hydrogen-bond acceptors (Lipinski definition) is 5. The molecule has 1 heterocycles. The molecule has 12 heteroatoms. The molecule has 1 aromatic carbocycles. The monoisotopic (exact) mass is 452 g/mol. The van der Waals surface area contributed by atoms with E-state index < -0.39 is 58.0 Å². The van der Waals surface area contributed by atoms with Gasteiger partial charge in [0.05, 0.1) is 6.54 Å². The van der Waals surface area contributed by atoms with E-state index in [4.69, 9.17) is 11.1 Å². The molecule has 0 saturated carbocycles. The average molecular weight is 452 g/mol. The Hall–Kier alpha value is -2.34. The van der Waals surface area contributed by atoms with Crippen LogP contribution in [0.5, 0.6) is 0 Å². The van der Waals surface area contributed by atoms with Gasteiger partial charge in [0.2, 0.25) is 0 Å². The van der Waals surface area contributed by atoms with Gasteiger partial charge in [-0.05, 0) is 18.2 Å². The van der Waals surface area contributed by atoms with Crippen LogP contribution in [0.15, 0.2) is 30.0 Å². The molecule has 0 spiro atoms. The first-order valence-corrected chi connectivity index (χ1v) is 10.4. The normalized spacial score (nSPS) is 16.5. The molecule has 2 rings (SSSR count). The van der Waals surface area contributed by atoms with Crippen molar-refractivity contribution in [2.45, 2.75) is 12.7 Å². The Bertz CT molecular complexity index is 829. The summed E-state index contributed by atoms with van der Waals surface area (Å²) in [5, 5.41) is 7.67. The third-order valence-electron chi connectivity index (χ3n) is 4.51. The van der Waals surface area contributed by atoms with Crippen LogP contribution in [-0.4, -0.2) is 69.5 Å². The van der Waals surface area contributed by atoms with Crippen LogP contribution >= 0.6 is 0 Å². The van der Waals surface area contributed by atoms with Crippen LogP contribution in [0.1, 0.15) is 5.56 Å². The van der Waals surface area contributed by atoms with E-state index in [9.17, 15) is 31.0 Å². The van der Waals surface area contributed by atoms with Crippen molar-refractivity contribution in [1.29, 1.82) is 5.41 Å².